The maximum absolute atomic E-state index is 12.3. The molecule has 114 valence electrons. The van der Waals surface area contributed by atoms with Gasteiger partial charge in [0.2, 0.25) is 0 Å². The van der Waals surface area contributed by atoms with Crippen LogP contribution in [0.3, 0.4) is 0 Å². The minimum absolute atomic E-state index is 0.134. The largest absolute Gasteiger partial charge is 0.471 e. The summed E-state index contributed by atoms with van der Waals surface area (Å²) in [6, 6.07) is 0.862. The summed E-state index contributed by atoms with van der Waals surface area (Å²) in [5.74, 6) is -2.07. The van der Waals surface area contributed by atoms with Crippen LogP contribution in [-0.2, 0) is 4.79 Å². The zero-order chi connectivity index (χ0) is 15.8. The lowest BCUT2D eigenvalue weighted by molar-refractivity contribution is -0.186. The highest BCUT2D eigenvalue weighted by Gasteiger charge is 2.44. The van der Waals surface area contributed by atoms with Gasteiger partial charge in [-0.15, -0.1) is 6.58 Å². The van der Waals surface area contributed by atoms with Crippen LogP contribution in [0, 0.1) is 17.2 Å². The molecule has 1 atom stereocenters. The van der Waals surface area contributed by atoms with Crippen LogP contribution in [0.2, 0.25) is 0 Å². The molecule has 0 heterocycles. The predicted octanol–water partition coefficient (Wildman–Crippen LogP) is 3.67. The van der Waals surface area contributed by atoms with Gasteiger partial charge in [0.1, 0.15) is 6.04 Å². The van der Waals surface area contributed by atoms with Gasteiger partial charge in [-0.3, -0.25) is 4.79 Å². The van der Waals surface area contributed by atoms with Gasteiger partial charge < -0.3 is 4.90 Å². The second kappa shape index (κ2) is 8.62. The molecule has 1 unspecified atom stereocenters. The van der Waals surface area contributed by atoms with E-state index in [2.05, 4.69) is 6.58 Å². The van der Waals surface area contributed by atoms with E-state index in [1.807, 2.05) is 13.0 Å². The van der Waals surface area contributed by atoms with Crippen molar-refractivity contribution >= 4 is 5.91 Å². The van der Waals surface area contributed by atoms with Crippen molar-refractivity contribution in [2.45, 2.75) is 51.2 Å². The van der Waals surface area contributed by atoms with Gasteiger partial charge in [-0.25, -0.2) is 0 Å². The fraction of sp³-hybridized carbons (Fsp3) is 0.714. The van der Waals surface area contributed by atoms with Crippen molar-refractivity contribution < 1.29 is 18.0 Å². The zero-order valence-corrected chi connectivity index (χ0v) is 11.9. The Bertz CT molecular complexity index is 354. The molecule has 6 heteroatoms. The molecule has 0 aromatic rings. The van der Waals surface area contributed by atoms with Crippen LogP contribution < -0.4 is 0 Å². The number of hydrogen-bond donors (Lipinski definition) is 0. The Labute approximate surface area is 118 Å². The second-order valence-corrected chi connectivity index (χ2v) is 4.79. The molecule has 0 aromatic carbocycles. The Morgan fingerprint density at radius 3 is 2.20 bits per heavy atom. The van der Waals surface area contributed by atoms with Crippen molar-refractivity contribution in [2.75, 3.05) is 7.05 Å². The molecule has 1 aliphatic rings. The van der Waals surface area contributed by atoms with Gasteiger partial charge in [0, 0.05) is 7.05 Å². The van der Waals surface area contributed by atoms with E-state index in [0.717, 1.165) is 26.3 Å². The van der Waals surface area contributed by atoms with Crippen LogP contribution in [0.1, 0.15) is 39.0 Å². The topological polar surface area (TPSA) is 44.1 Å². The zero-order valence-electron chi connectivity index (χ0n) is 11.9. The number of carbonyl (C=O) groups excluding carboxylic acids is 1. The number of allylic oxidation sites excluding steroid dienone is 1. The first kappa shape index (κ1) is 18.5. The lowest BCUT2D eigenvalue weighted by atomic mass is 9.84. The summed E-state index contributed by atoms with van der Waals surface area (Å²) >= 11 is 0. The average Bonchev–Trinajstić information content (AvgIpc) is 2.39. The Morgan fingerprint density at radius 2 is 1.85 bits per heavy atom. The Kier molecular flexibility index (Phi) is 7.97. The van der Waals surface area contributed by atoms with Gasteiger partial charge >= 0.3 is 12.1 Å². The van der Waals surface area contributed by atoms with Crippen molar-refractivity contribution in [1.82, 2.24) is 4.90 Å². The molecule has 0 radical (unpaired) electrons. The molecule has 1 amide bonds. The van der Waals surface area contributed by atoms with Crippen molar-refractivity contribution in [1.29, 1.82) is 5.26 Å². The highest BCUT2D eigenvalue weighted by atomic mass is 19.4. The Morgan fingerprint density at radius 1 is 1.40 bits per heavy atom. The quantitative estimate of drug-likeness (QED) is 0.728. The third-order valence-corrected chi connectivity index (χ3v) is 3.21. The molecular weight excluding hydrogens is 269 g/mol. The fourth-order valence-electron chi connectivity index (χ4n) is 2.28. The summed E-state index contributed by atoms with van der Waals surface area (Å²) in [6.45, 7) is 5.25. The lowest BCUT2D eigenvalue weighted by Gasteiger charge is -2.32. The number of rotatable bonds is 2. The molecule has 1 aliphatic carbocycles. The van der Waals surface area contributed by atoms with E-state index in [-0.39, 0.29) is 5.92 Å². The Balaban J connectivity index is 0.00000110. The van der Waals surface area contributed by atoms with Crippen molar-refractivity contribution in [3.63, 3.8) is 0 Å². The molecule has 0 saturated heterocycles. The first-order valence-electron chi connectivity index (χ1n) is 6.60. The molecule has 3 nitrogen and oxygen atoms in total. The van der Waals surface area contributed by atoms with Crippen LogP contribution in [0.25, 0.3) is 0 Å². The fourth-order valence-corrected chi connectivity index (χ4v) is 2.28. The third-order valence-electron chi connectivity index (χ3n) is 3.21. The number of nitriles is 1. The van der Waals surface area contributed by atoms with Crippen LogP contribution in [0.5, 0.6) is 0 Å². The van der Waals surface area contributed by atoms with E-state index in [0.29, 0.717) is 17.7 Å². The van der Waals surface area contributed by atoms with E-state index in [4.69, 9.17) is 5.26 Å². The summed E-state index contributed by atoms with van der Waals surface area (Å²) < 4.78 is 36.8. The molecular formula is C14H21F3N2O. The summed E-state index contributed by atoms with van der Waals surface area (Å²) in [5, 5.41) is 8.95. The maximum Gasteiger partial charge on any atom is 0.471 e. The standard InChI is InChI=1S/C11H15F3N2O.C3H6/c1-16(10(17)11(12,13)14)9(7-15)8-5-3-2-4-6-8;1-3-2/h8-9H,2-6H2,1H3;3H,1H2,2H3. The summed E-state index contributed by atoms with van der Waals surface area (Å²) in [4.78, 5) is 11.6. The lowest BCUT2D eigenvalue weighted by Crippen LogP contribution is -2.47. The summed E-state index contributed by atoms with van der Waals surface area (Å²) in [6.07, 6.45) is 1.15. The predicted molar refractivity (Wildman–Crippen MR) is 70.7 cm³/mol. The van der Waals surface area contributed by atoms with Crippen LogP contribution in [0.15, 0.2) is 12.7 Å². The molecule has 20 heavy (non-hydrogen) atoms. The number of amides is 1. The van der Waals surface area contributed by atoms with Gasteiger partial charge in [0.25, 0.3) is 0 Å². The first-order valence-corrected chi connectivity index (χ1v) is 6.60. The van der Waals surface area contributed by atoms with E-state index in [1.165, 1.54) is 0 Å². The molecule has 1 saturated carbocycles. The Hall–Kier alpha value is -1.51. The van der Waals surface area contributed by atoms with Crippen molar-refractivity contribution in [2.24, 2.45) is 5.92 Å². The molecule has 1 fully saturated rings. The third kappa shape index (κ3) is 5.64. The number of alkyl halides is 3. The highest BCUT2D eigenvalue weighted by Crippen LogP contribution is 2.30. The molecule has 0 aliphatic heterocycles. The number of carbonyl (C=O) groups is 1. The molecule has 0 bridgehead atoms. The monoisotopic (exact) mass is 290 g/mol. The maximum atomic E-state index is 12.3. The van der Waals surface area contributed by atoms with Gasteiger partial charge in [-0.05, 0) is 25.7 Å². The molecule has 0 spiro atoms. The summed E-state index contributed by atoms with van der Waals surface area (Å²) in [7, 11) is 1.05. The van der Waals surface area contributed by atoms with Crippen LogP contribution >= 0.6 is 0 Å². The average molecular weight is 290 g/mol. The normalized spacial score (nSPS) is 17.2. The van der Waals surface area contributed by atoms with E-state index in [9.17, 15) is 18.0 Å². The van der Waals surface area contributed by atoms with Crippen molar-refractivity contribution in [3.8, 4) is 6.07 Å². The number of halogens is 3. The molecule has 0 aromatic heterocycles. The van der Waals surface area contributed by atoms with Crippen molar-refractivity contribution in [3.05, 3.63) is 12.7 Å². The number of hydrogen-bond acceptors (Lipinski definition) is 2. The minimum Gasteiger partial charge on any atom is -0.322 e. The van der Waals surface area contributed by atoms with Gasteiger partial charge in [0.15, 0.2) is 0 Å². The summed E-state index contributed by atoms with van der Waals surface area (Å²) in [5.41, 5.74) is 0. The number of nitrogens with zero attached hydrogens (tertiary/aromatic N) is 2. The highest BCUT2D eigenvalue weighted by molar-refractivity contribution is 5.82. The van der Waals surface area contributed by atoms with Crippen LogP contribution in [-0.4, -0.2) is 30.1 Å². The van der Waals surface area contributed by atoms with E-state index < -0.39 is 18.1 Å². The minimum atomic E-state index is -4.90. The second-order valence-electron chi connectivity index (χ2n) is 4.79. The molecule has 1 rings (SSSR count). The van der Waals surface area contributed by atoms with E-state index in [1.54, 1.807) is 6.08 Å². The smallest absolute Gasteiger partial charge is 0.322 e. The van der Waals surface area contributed by atoms with Gasteiger partial charge in [-0.2, -0.15) is 18.4 Å². The molecule has 0 N–H and O–H groups in total. The van der Waals surface area contributed by atoms with Gasteiger partial charge in [0.05, 0.1) is 6.07 Å². The first-order chi connectivity index (χ1) is 9.29. The van der Waals surface area contributed by atoms with Gasteiger partial charge in [-0.1, -0.05) is 25.3 Å². The SMILES string of the molecule is C=CC.CN(C(=O)C(F)(F)F)C(C#N)C1CCCCC1. The van der Waals surface area contributed by atoms with E-state index >= 15 is 0 Å². The van der Waals surface area contributed by atoms with Crippen LogP contribution in [0.4, 0.5) is 13.2 Å².